The number of ether oxygens (including phenoxy) is 11. The number of methoxy groups -OCH3 is 2. The molecular formula is C44H56N4O25. The van der Waals surface area contributed by atoms with Crippen LogP contribution in [0.4, 0.5) is 0 Å². The molecule has 73 heavy (non-hydrogen) atoms. The van der Waals surface area contributed by atoms with Gasteiger partial charge >= 0.3 is 11.9 Å². The van der Waals surface area contributed by atoms with E-state index in [0.717, 1.165) is 6.92 Å². The summed E-state index contributed by atoms with van der Waals surface area (Å²) in [6, 6.07) is 4.80. The molecule has 6 aliphatic rings. The van der Waals surface area contributed by atoms with Crippen LogP contribution >= 0.6 is 0 Å². The summed E-state index contributed by atoms with van der Waals surface area (Å²) in [5, 5.41) is 126. The molecule has 12 N–H and O–H groups in total. The molecule has 0 bridgehead atoms. The fourth-order valence-corrected chi connectivity index (χ4v) is 10.2. The van der Waals surface area contributed by atoms with Gasteiger partial charge in [0, 0.05) is 30.1 Å². The van der Waals surface area contributed by atoms with Gasteiger partial charge in [0.1, 0.15) is 61.0 Å². The highest BCUT2D eigenvalue weighted by molar-refractivity contribution is 5.79. The number of cyclic esters (lactones) is 1. The van der Waals surface area contributed by atoms with Crippen molar-refractivity contribution in [3.05, 3.63) is 51.4 Å². The minimum atomic E-state index is -2.93. The van der Waals surface area contributed by atoms with E-state index >= 15 is 0 Å². The van der Waals surface area contributed by atoms with Gasteiger partial charge in [0.2, 0.25) is 18.4 Å². The average Bonchev–Trinajstić information content (AvgIpc) is 4.00. The van der Waals surface area contributed by atoms with Crippen molar-refractivity contribution < 1.29 is 123 Å². The molecule has 4 saturated heterocycles. The number of nitrogens with zero attached hydrogens (tertiary/aromatic N) is 3. The Morgan fingerprint density at radius 2 is 1.52 bits per heavy atom. The number of rotatable bonds is 17. The van der Waals surface area contributed by atoms with Crippen molar-refractivity contribution in [2.75, 3.05) is 47.4 Å². The summed E-state index contributed by atoms with van der Waals surface area (Å²) >= 11 is 0. The third-order valence-corrected chi connectivity index (χ3v) is 13.9. The number of phenols is 1. The van der Waals surface area contributed by atoms with Crippen molar-refractivity contribution in [3.63, 3.8) is 0 Å². The molecule has 0 spiro atoms. The van der Waals surface area contributed by atoms with Crippen LogP contribution in [0.5, 0.6) is 28.7 Å². The monoisotopic (exact) mass is 1040 g/mol. The van der Waals surface area contributed by atoms with E-state index in [9.17, 15) is 70.6 Å². The van der Waals surface area contributed by atoms with Crippen molar-refractivity contribution >= 4 is 17.8 Å². The number of aliphatic carboxylic acids is 1. The van der Waals surface area contributed by atoms with Crippen molar-refractivity contribution in [1.29, 1.82) is 0 Å². The van der Waals surface area contributed by atoms with E-state index in [1.807, 2.05) is 0 Å². The fraction of sp³-hybridized carbons (Fsp3) is 0.659. The standard InChI is InChI=1S/C44H56N4O25/c1-14(50)47-29-19(51)8-44(43(61)62,73-39(29)30(53)20(52)9-46-48-45)68-12-26-32(55)33(56)35(58)41(70-26)72-38-25(10-49)69-42(36(59)34(38)57)71-37-17-7-22-21(66-13-67-22)6-16(17)27(28-18(37)11-65-40(28)60)15-4-23(63-2)31(54)24(5-15)64-3/h4-7,18-20,25-30,32-39,41-42,49,51-59H,8-13H2,1-3H3,(H,47,50)(H,61,62). The van der Waals surface area contributed by atoms with Crippen molar-refractivity contribution in [2.24, 2.45) is 17.0 Å². The number of benzene rings is 2. The zero-order valence-corrected chi connectivity index (χ0v) is 39.0. The highest BCUT2D eigenvalue weighted by Crippen LogP contribution is 2.57. The van der Waals surface area contributed by atoms with Crippen molar-refractivity contribution in [1.82, 2.24) is 5.32 Å². The number of nitrogens with one attached hydrogen (secondary N) is 1. The summed E-state index contributed by atoms with van der Waals surface area (Å²) in [6.45, 7) is -2.02. The van der Waals surface area contributed by atoms with Gasteiger partial charge in [0.05, 0.1) is 70.9 Å². The van der Waals surface area contributed by atoms with Crippen LogP contribution in [0.25, 0.3) is 10.4 Å². The van der Waals surface area contributed by atoms with Gasteiger partial charge in [0.15, 0.2) is 35.6 Å². The van der Waals surface area contributed by atoms with Crippen LogP contribution in [0.3, 0.4) is 0 Å². The van der Waals surface area contributed by atoms with E-state index in [0.29, 0.717) is 28.2 Å². The molecule has 1 aliphatic carbocycles. The second kappa shape index (κ2) is 21.8. The molecule has 2 aromatic carbocycles. The quantitative estimate of drug-likeness (QED) is 0.0313. The normalized spacial score (nSPS) is 37.4. The molecule has 20 atom stereocenters. The largest absolute Gasteiger partial charge is 0.502 e. The number of aromatic hydroxyl groups is 1. The summed E-state index contributed by atoms with van der Waals surface area (Å²) in [5.74, 6) is -8.35. The lowest BCUT2D eigenvalue weighted by Gasteiger charge is -2.48. The first kappa shape index (κ1) is 53.8. The number of amides is 1. The number of aliphatic hydroxyl groups excluding tert-OH is 9. The summed E-state index contributed by atoms with van der Waals surface area (Å²) in [7, 11) is 2.68. The van der Waals surface area contributed by atoms with E-state index < -0.39 is 166 Å². The van der Waals surface area contributed by atoms with Gasteiger partial charge in [-0.15, -0.1) is 0 Å². The summed E-state index contributed by atoms with van der Waals surface area (Å²) in [4.78, 5) is 41.0. The van der Waals surface area contributed by atoms with Crippen LogP contribution in [0, 0.1) is 11.8 Å². The first-order valence-electron chi connectivity index (χ1n) is 22.8. The Labute approximate surface area is 412 Å². The van der Waals surface area contributed by atoms with E-state index in [2.05, 4.69) is 15.3 Å². The van der Waals surface area contributed by atoms with Crippen molar-refractivity contribution in [2.45, 2.75) is 123 Å². The lowest BCUT2D eigenvalue weighted by atomic mass is 9.66. The van der Waals surface area contributed by atoms with Crippen LogP contribution in [-0.2, 0) is 47.5 Å². The molecule has 0 aromatic heterocycles. The molecular weight excluding hydrogens is 984 g/mol. The van der Waals surface area contributed by atoms with Gasteiger partial charge in [-0.25, -0.2) is 4.79 Å². The molecule has 8 rings (SSSR count). The molecule has 0 radical (unpaired) electrons. The summed E-state index contributed by atoms with van der Waals surface area (Å²) in [6.07, 6.45) is -29.4. The topological polar surface area (TPSA) is 436 Å². The molecule has 5 heterocycles. The van der Waals surface area contributed by atoms with Crippen LogP contribution in [0.1, 0.15) is 42.1 Å². The number of hydrogen-bond acceptors (Lipinski definition) is 25. The number of carbonyl (C=O) groups is 3. The van der Waals surface area contributed by atoms with Crippen LogP contribution in [-0.4, -0.2) is 219 Å². The average molecular weight is 1040 g/mol. The van der Waals surface area contributed by atoms with Crippen LogP contribution < -0.4 is 24.3 Å². The molecule has 5 aliphatic heterocycles. The third-order valence-electron chi connectivity index (χ3n) is 13.9. The number of carboxylic acids is 1. The second-order valence-electron chi connectivity index (χ2n) is 18.2. The molecule has 1 amide bonds. The van der Waals surface area contributed by atoms with E-state index in [1.165, 1.54) is 14.2 Å². The lowest BCUT2D eigenvalue weighted by molar-refractivity contribution is -0.371. The van der Waals surface area contributed by atoms with E-state index in [4.69, 9.17) is 57.6 Å². The Bertz CT molecular complexity index is 2390. The first-order chi connectivity index (χ1) is 34.8. The number of azide groups is 1. The Morgan fingerprint density at radius 1 is 0.890 bits per heavy atom. The Balaban J connectivity index is 1.01. The SMILES string of the molecule is COc1cc(C2c3cc4c(cc3C(OC3OC(CO)C(OC5OC(COC6(C(=O)O)CC(O)C(NC(C)=O)C(C(O)C(O)CN=[N+]=[N-])O6)C(O)C(O)C5O)C(O)C3O)C3COC(=O)C23)OCO4)cc(OC)c1O. The van der Waals surface area contributed by atoms with Gasteiger partial charge in [0.25, 0.3) is 5.79 Å². The minimum absolute atomic E-state index is 0.0488. The predicted octanol–water partition coefficient (Wildman–Crippen LogP) is -3.75. The van der Waals surface area contributed by atoms with Crippen molar-refractivity contribution in [3.8, 4) is 28.7 Å². The Kier molecular flexibility index (Phi) is 16.1. The molecule has 402 valence electrons. The van der Waals surface area contributed by atoms with Gasteiger partial charge in [-0.2, -0.15) is 0 Å². The minimum Gasteiger partial charge on any atom is -0.502 e. The Hall–Kier alpha value is -5.44. The molecule has 29 nitrogen and oxygen atoms in total. The highest BCUT2D eigenvalue weighted by Gasteiger charge is 2.59. The summed E-state index contributed by atoms with van der Waals surface area (Å²) < 4.78 is 63.1. The lowest BCUT2D eigenvalue weighted by Crippen LogP contribution is -2.68. The first-order valence-corrected chi connectivity index (χ1v) is 22.8. The Morgan fingerprint density at radius 3 is 2.14 bits per heavy atom. The van der Waals surface area contributed by atoms with Gasteiger partial charge < -0.3 is 114 Å². The molecule has 0 saturated carbocycles. The smallest absolute Gasteiger partial charge is 0.364 e. The maximum atomic E-state index is 13.7. The molecule has 2 aromatic rings. The van der Waals surface area contributed by atoms with Gasteiger partial charge in [-0.1, -0.05) is 5.11 Å². The third kappa shape index (κ3) is 10.1. The number of carbonyl (C=O) groups excluding carboxylic acids is 2. The van der Waals surface area contributed by atoms with E-state index in [1.54, 1.807) is 24.3 Å². The maximum Gasteiger partial charge on any atom is 0.364 e. The predicted molar refractivity (Wildman–Crippen MR) is 232 cm³/mol. The number of esters is 1. The highest BCUT2D eigenvalue weighted by atomic mass is 16.8. The van der Waals surface area contributed by atoms with Gasteiger partial charge in [-0.05, 0) is 46.5 Å². The molecule has 20 unspecified atom stereocenters. The second-order valence-corrected chi connectivity index (χ2v) is 18.2. The fourth-order valence-electron chi connectivity index (χ4n) is 10.2. The molecule has 29 heteroatoms. The summed E-state index contributed by atoms with van der Waals surface area (Å²) in [5.41, 5.74) is 10.1. The number of hydrogen-bond donors (Lipinski definition) is 12. The van der Waals surface area contributed by atoms with Crippen LogP contribution in [0.15, 0.2) is 29.4 Å². The number of carboxylic acid groups (broad SMARTS) is 1. The number of phenolic OH excluding ortho intramolecular Hbond substituents is 1. The van der Waals surface area contributed by atoms with E-state index in [-0.39, 0.29) is 30.6 Å². The zero-order chi connectivity index (χ0) is 52.8. The maximum absolute atomic E-state index is 13.7. The van der Waals surface area contributed by atoms with Crippen LogP contribution in [0.2, 0.25) is 0 Å². The number of fused-ring (bicyclic) bond motifs is 3. The number of aliphatic hydroxyl groups is 9. The van der Waals surface area contributed by atoms with Gasteiger partial charge in [-0.3, -0.25) is 9.59 Å². The zero-order valence-electron chi connectivity index (χ0n) is 39.0. The molecule has 4 fully saturated rings.